The largest absolute Gasteiger partial charge is 0.328 e. The van der Waals surface area contributed by atoms with Crippen LogP contribution in [0.2, 0.25) is 0 Å². The van der Waals surface area contributed by atoms with Crippen molar-refractivity contribution in [3.05, 3.63) is 28.8 Å². The van der Waals surface area contributed by atoms with Crippen LogP contribution >= 0.6 is 0 Å². The molecular formula is C12H15N5O. The normalized spacial score (nSPS) is 14.3. The van der Waals surface area contributed by atoms with Crippen LogP contribution in [0.15, 0.2) is 6.20 Å². The zero-order chi connectivity index (χ0) is 12.5. The fourth-order valence-corrected chi connectivity index (χ4v) is 2.31. The molecule has 6 nitrogen and oxygen atoms in total. The zero-order valence-corrected chi connectivity index (χ0v) is 10.2. The number of hydrogen-bond donors (Lipinski definition) is 3. The van der Waals surface area contributed by atoms with Gasteiger partial charge in [-0.2, -0.15) is 5.10 Å². The second kappa shape index (κ2) is 4.29. The lowest BCUT2D eigenvalue weighted by molar-refractivity contribution is 0.102. The van der Waals surface area contributed by atoms with Gasteiger partial charge in [0, 0.05) is 23.1 Å². The highest BCUT2D eigenvalue weighted by Gasteiger charge is 2.22. The van der Waals surface area contributed by atoms with Crippen LogP contribution in [0, 0.1) is 6.92 Å². The summed E-state index contributed by atoms with van der Waals surface area (Å²) in [4.78, 5) is 19.1. The number of rotatable bonds is 2. The van der Waals surface area contributed by atoms with Crippen LogP contribution in [-0.2, 0) is 12.8 Å². The maximum absolute atomic E-state index is 12.1. The van der Waals surface area contributed by atoms with Crippen molar-refractivity contribution in [3.8, 4) is 0 Å². The van der Waals surface area contributed by atoms with Crippen LogP contribution in [-0.4, -0.2) is 26.1 Å². The Morgan fingerprint density at radius 2 is 2.22 bits per heavy atom. The van der Waals surface area contributed by atoms with Gasteiger partial charge in [0.1, 0.15) is 0 Å². The van der Waals surface area contributed by atoms with Gasteiger partial charge in [-0.25, -0.2) is 4.98 Å². The summed E-state index contributed by atoms with van der Waals surface area (Å²) in [5, 5.41) is 9.81. The molecule has 0 saturated carbocycles. The highest BCUT2D eigenvalue weighted by molar-refractivity contribution is 6.03. The molecular weight excluding hydrogens is 230 g/mol. The van der Waals surface area contributed by atoms with Crippen molar-refractivity contribution in [3.63, 3.8) is 0 Å². The monoisotopic (exact) mass is 245 g/mol. The summed E-state index contributed by atoms with van der Waals surface area (Å²) in [5.74, 6) is 0.258. The van der Waals surface area contributed by atoms with E-state index in [1.54, 1.807) is 6.20 Å². The molecule has 3 N–H and O–H groups in total. The van der Waals surface area contributed by atoms with Gasteiger partial charge >= 0.3 is 0 Å². The lowest BCUT2D eigenvalue weighted by Crippen LogP contribution is -2.16. The zero-order valence-electron chi connectivity index (χ0n) is 10.2. The molecule has 0 spiro atoms. The van der Waals surface area contributed by atoms with Gasteiger partial charge in [0.05, 0.1) is 0 Å². The summed E-state index contributed by atoms with van der Waals surface area (Å²) < 4.78 is 0. The average molecular weight is 245 g/mol. The van der Waals surface area contributed by atoms with E-state index in [4.69, 9.17) is 0 Å². The number of H-pyrrole nitrogens is 2. The van der Waals surface area contributed by atoms with E-state index in [1.165, 1.54) is 0 Å². The first kappa shape index (κ1) is 11.0. The predicted molar refractivity (Wildman–Crippen MR) is 66.5 cm³/mol. The molecule has 18 heavy (non-hydrogen) atoms. The number of nitrogens with one attached hydrogen (secondary N) is 3. The third-order valence-electron chi connectivity index (χ3n) is 3.21. The summed E-state index contributed by atoms with van der Waals surface area (Å²) in [6.07, 6.45) is 5.86. The first-order chi connectivity index (χ1) is 8.74. The SMILES string of the molecule is Cc1cnc(NC(=O)c2n[nH]c3c2CCCC3)[nH]1. The van der Waals surface area contributed by atoms with Crippen LogP contribution in [0.3, 0.4) is 0 Å². The summed E-state index contributed by atoms with van der Waals surface area (Å²) in [5.41, 5.74) is 3.57. The van der Waals surface area contributed by atoms with E-state index in [-0.39, 0.29) is 5.91 Å². The predicted octanol–water partition coefficient (Wildman–Crippen LogP) is 1.57. The Morgan fingerprint density at radius 1 is 1.39 bits per heavy atom. The van der Waals surface area contributed by atoms with Gasteiger partial charge in [-0.15, -0.1) is 0 Å². The molecule has 3 rings (SSSR count). The molecule has 0 radical (unpaired) electrons. The van der Waals surface area contributed by atoms with Gasteiger partial charge in [-0.3, -0.25) is 15.2 Å². The van der Waals surface area contributed by atoms with Crippen LogP contribution in [0.25, 0.3) is 0 Å². The number of anilines is 1. The molecule has 1 amide bonds. The minimum atomic E-state index is -0.205. The van der Waals surface area contributed by atoms with E-state index < -0.39 is 0 Å². The molecule has 0 bridgehead atoms. The minimum absolute atomic E-state index is 0.205. The Morgan fingerprint density at radius 3 is 3.00 bits per heavy atom. The fourth-order valence-electron chi connectivity index (χ4n) is 2.31. The van der Waals surface area contributed by atoms with E-state index in [9.17, 15) is 4.79 Å². The molecule has 0 saturated heterocycles. The maximum atomic E-state index is 12.1. The first-order valence-corrected chi connectivity index (χ1v) is 6.13. The minimum Gasteiger partial charge on any atom is -0.328 e. The maximum Gasteiger partial charge on any atom is 0.278 e. The molecule has 0 aromatic carbocycles. The van der Waals surface area contributed by atoms with Gasteiger partial charge in [0.15, 0.2) is 5.69 Å². The summed E-state index contributed by atoms with van der Waals surface area (Å²) >= 11 is 0. The molecule has 0 atom stereocenters. The second-order valence-corrected chi connectivity index (χ2v) is 4.61. The standard InChI is InChI=1S/C12H15N5O/c1-7-6-13-12(14-7)15-11(18)10-8-4-2-3-5-9(8)16-17-10/h6H,2-5H2,1H3,(H,16,17)(H2,13,14,15,18). The Balaban J connectivity index is 1.82. The number of aryl methyl sites for hydroxylation is 2. The average Bonchev–Trinajstić information content (AvgIpc) is 2.95. The number of aromatic nitrogens is 4. The molecule has 2 aromatic heterocycles. The lowest BCUT2D eigenvalue weighted by atomic mass is 9.96. The van der Waals surface area contributed by atoms with Crippen molar-refractivity contribution in [2.75, 3.05) is 5.32 Å². The Bertz CT molecular complexity index is 583. The Kier molecular flexibility index (Phi) is 2.62. The van der Waals surface area contributed by atoms with Crippen molar-refractivity contribution >= 4 is 11.9 Å². The molecule has 0 unspecified atom stereocenters. The summed E-state index contributed by atoms with van der Waals surface area (Å²) in [6, 6.07) is 0. The molecule has 2 aromatic rings. The van der Waals surface area contributed by atoms with Gasteiger partial charge in [0.25, 0.3) is 5.91 Å². The van der Waals surface area contributed by atoms with E-state index in [2.05, 4.69) is 25.5 Å². The van der Waals surface area contributed by atoms with Gasteiger partial charge < -0.3 is 4.98 Å². The van der Waals surface area contributed by atoms with Crippen LogP contribution in [0.4, 0.5) is 5.95 Å². The topological polar surface area (TPSA) is 86.5 Å². The number of imidazole rings is 1. The number of carbonyl (C=O) groups excluding carboxylic acids is 1. The number of aromatic amines is 2. The second-order valence-electron chi connectivity index (χ2n) is 4.61. The number of carbonyl (C=O) groups is 1. The van der Waals surface area contributed by atoms with Crippen molar-refractivity contribution in [2.24, 2.45) is 0 Å². The summed E-state index contributed by atoms with van der Waals surface area (Å²) in [6.45, 7) is 1.89. The van der Waals surface area contributed by atoms with E-state index in [1.807, 2.05) is 6.92 Å². The summed E-state index contributed by atoms with van der Waals surface area (Å²) in [7, 11) is 0. The number of fused-ring (bicyclic) bond motifs is 1. The van der Waals surface area contributed by atoms with Gasteiger partial charge in [0.2, 0.25) is 5.95 Å². The van der Waals surface area contributed by atoms with E-state index in [0.29, 0.717) is 11.6 Å². The number of hydrogen-bond acceptors (Lipinski definition) is 3. The molecule has 0 aliphatic heterocycles. The van der Waals surface area contributed by atoms with Gasteiger partial charge in [-0.1, -0.05) is 0 Å². The molecule has 94 valence electrons. The van der Waals surface area contributed by atoms with E-state index >= 15 is 0 Å². The first-order valence-electron chi connectivity index (χ1n) is 6.13. The fraction of sp³-hybridized carbons (Fsp3) is 0.417. The van der Waals surface area contributed by atoms with Crippen molar-refractivity contribution < 1.29 is 4.79 Å². The van der Waals surface area contributed by atoms with Crippen LogP contribution < -0.4 is 5.32 Å². The smallest absolute Gasteiger partial charge is 0.278 e. The highest BCUT2D eigenvalue weighted by Crippen LogP contribution is 2.22. The van der Waals surface area contributed by atoms with Crippen molar-refractivity contribution in [1.82, 2.24) is 20.2 Å². The van der Waals surface area contributed by atoms with E-state index in [0.717, 1.165) is 42.6 Å². The lowest BCUT2D eigenvalue weighted by Gasteiger charge is -2.10. The third-order valence-corrected chi connectivity index (χ3v) is 3.21. The molecule has 0 fully saturated rings. The quantitative estimate of drug-likeness (QED) is 0.750. The number of nitrogens with zero attached hydrogens (tertiary/aromatic N) is 2. The molecule has 6 heteroatoms. The Labute approximate surface area is 104 Å². The molecule has 1 aliphatic carbocycles. The van der Waals surface area contributed by atoms with Crippen molar-refractivity contribution in [2.45, 2.75) is 32.6 Å². The van der Waals surface area contributed by atoms with Gasteiger partial charge in [-0.05, 0) is 32.6 Å². The highest BCUT2D eigenvalue weighted by atomic mass is 16.2. The third kappa shape index (κ3) is 1.90. The Hall–Kier alpha value is -2.11. The van der Waals surface area contributed by atoms with Crippen LogP contribution in [0.1, 0.15) is 40.3 Å². The molecule has 2 heterocycles. The number of amides is 1. The molecule has 1 aliphatic rings. The van der Waals surface area contributed by atoms with Crippen molar-refractivity contribution in [1.29, 1.82) is 0 Å². The van der Waals surface area contributed by atoms with Crippen LogP contribution in [0.5, 0.6) is 0 Å².